The number of hydrogen-bond acceptors (Lipinski definition) is 3. The van der Waals surface area contributed by atoms with Gasteiger partial charge in [0.1, 0.15) is 0 Å². The SMILES string of the molecule is O=C1/C(=C/c2ccc(Cl)cc2Cl)SC(=S)N1c1ccc(Cl)c(Cl)c1. The van der Waals surface area contributed by atoms with E-state index < -0.39 is 0 Å². The molecule has 2 nitrogen and oxygen atoms in total. The van der Waals surface area contributed by atoms with E-state index in [2.05, 4.69) is 0 Å². The van der Waals surface area contributed by atoms with E-state index in [-0.39, 0.29) is 5.91 Å². The fourth-order valence-electron chi connectivity index (χ4n) is 2.07. The number of halogens is 4. The van der Waals surface area contributed by atoms with Gasteiger partial charge in [-0.2, -0.15) is 0 Å². The second-order valence-electron chi connectivity index (χ2n) is 4.78. The highest BCUT2D eigenvalue weighted by Gasteiger charge is 2.33. The van der Waals surface area contributed by atoms with Gasteiger partial charge in [0, 0.05) is 10.0 Å². The lowest BCUT2D eigenvalue weighted by Crippen LogP contribution is -2.27. The molecule has 0 bridgehead atoms. The molecule has 0 unspecified atom stereocenters. The Bertz CT molecular complexity index is 898. The zero-order valence-corrected chi connectivity index (χ0v) is 16.4. The summed E-state index contributed by atoms with van der Waals surface area (Å²) in [5, 5.41) is 1.75. The number of carbonyl (C=O) groups excluding carboxylic acids is 1. The molecule has 0 atom stereocenters. The molecule has 1 saturated heterocycles. The average Bonchev–Trinajstić information content (AvgIpc) is 2.79. The second kappa shape index (κ2) is 7.24. The molecule has 0 N–H and O–H groups in total. The largest absolute Gasteiger partial charge is 0.270 e. The maximum absolute atomic E-state index is 12.7. The lowest BCUT2D eigenvalue weighted by atomic mass is 10.2. The molecule has 2 aromatic carbocycles. The van der Waals surface area contributed by atoms with Gasteiger partial charge in [-0.3, -0.25) is 9.69 Å². The third-order valence-electron chi connectivity index (χ3n) is 3.20. The quantitative estimate of drug-likeness (QED) is 0.387. The zero-order chi connectivity index (χ0) is 17.4. The van der Waals surface area contributed by atoms with Crippen molar-refractivity contribution in [3.8, 4) is 0 Å². The predicted octanol–water partition coefficient (Wildman–Crippen LogP) is 6.71. The molecule has 8 heteroatoms. The first-order valence-electron chi connectivity index (χ1n) is 6.55. The molecule has 3 rings (SSSR count). The molecule has 1 heterocycles. The van der Waals surface area contributed by atoms with Crippen molar-refractivity contribution >= 4 is 92.4 Å². The molecule has 1 aliphatic heterocycles. The smallest absolute Gasteiger partial charge is 0.268 e. The molecule has 0 saturated carbocycles. The Kier molecular flexibility index (Phi) is 5.45. The van der Waals surface area contributed by atoms with Crippen LogP contribution in [0.3, 0.4) is 0 Å². The lowest BCUT2D eigenvalue weighted by Gasteiger charge is -2.15. The summed E-state index contributed by atoms with van der Waals surface area (Å²) in [6, 6.07) is 9.99. The minimum absolute atomic E-state index is 0.241. The number of thiocarbonyl (C=S) groups is 1. The van der Waals surface area contributed by atoms with E-state index in [1.807, 2.05) is 0 Å². The lowest BCUT2D eigenvalue weighted by molar-refractivity contribution is -0.113. The molecule has 0 aliphatic carbocycles. The van der Waals surface area contributed by atoms with Crippen LogP contribution in [0.25, 0.3) is 6.08 Å². The highest BCUT2D eigenvalue weighted by molar-refractivity contribution is 8.27. The zero-order valence-electron chi connectivity index (χ0n) is 11.7. The Morgan fingerprint density at radius 2 is 1.71 bits per heavy atom. The van der Waals surface area contributed by atoms with Gasteiger partial charge in [0.25, 0.3) is 5.91 Å². The molecular weight excluding hydrogens is 428 g/mol. The average molecular weight is 435 g/mol. The van der Waals surface area contributed by atoms with Gasteiger partial charge >= 0.3 is 0 Å². The molecule has 0 spiro atoms. The van der Waals surface area contributed by atoms with E-state index in [1.54, 1.807) is 42.5 Å². The second-order valence-corrected chi connectivity index (χ2v) is 8.12. The van der Waals surface area contributed by atoms with E-state index >= 15 is 0 Å². The predicted molar refractivity (Wildman–Crippen MR) is 109 cm³/mol. The first-order chi connectivity index (χ1) is 11.4. The van der Waals surface area contributed by atoms with Crippen LogP contribution in [-0.4, -0.2) is 10.2 Å². The highest BCUT2D eigenvalue weighted by Crippen LogP contribution is 2.38. The molecule has 0 aromatic heterocycles. The van der Waals surface area contributed by atoms with Crippen molar-refractivity contribution in [3.63, 3.8) is 0 Å². The van der Waals surface area contributed by atoms with Crippen LogP contribution in [0.15, 0.2) is 41.3 Å². The summed E-state index contributed by atoms with van der Waals surface area (Å²) in [7, 11) is 0. The number of hydrogen-bond donors (Lipinski definition) is 0. The van der Waals surface area contributed by atoms with Crippen LogP contribution < -0.4 is 4.90 Å². The van der Waals surface area contributed by atoms with Gasteiger partial charge in [-0.1, -0.05) is 76.4 Å². The molecule has 1 amide bonds. The maximum Gasteiger partial charge on any atom is 0.270 e. The van der Waals surface area contributed by atoms with Gasteiger partial charge in [0.2, 0.25) is 0 Å². The number of anilines is 1. The van der Waals surface area contributed by atoms with Crippen molar-refractivity contribution in [1.29, 1.82) is 0 Å². The topological polar surface area (TPSA) is 20.3 Å². The summed E-state index contributed by atoms with van der Waals surface area (Å²) in [5.74, 6) is -0.241. The van der Waals surface area contributed by atoms with Gasteiger partial charge in [0.05, 0.1) is 20.6 Å². The monoisotopic (exact) mass is 433 g/mol. The first-order valence-corrected chi connectivity index (χ1v) is 9.28. The van der Waals surface area contributed by atoms with Gasteiger partial charge in [-0.05, 0) is 42.0 Å². The van der Waals surface area contributed by atoms with E-state index in [9.17, 15) is 4.79 Å². The number of nitrogens with zero attached hydrogens (tertiary/aromatic N) is 1. The third kappa shape index (κ3) is 3.59. The minimum atomic E-state index is -0.241. The normalized spacial score (nSPS) is 16.3. The Morgan fingerprint density at radius 1 is 0.958 bits per heavy atom. The van der Waals surface area contributed by atoms with Crippen molar-refractivity contribution in [2.45, 2.75) is 0 Å². The van der Waals surface area contributed by atoms with E-state index in [0.717, 1.165) is 0 Å². The van der Waals surface area contributed by atoms with Crippen LogP contribution >= 0.6 is 70.4 Å². The summed E-state index contributed by atoms with van der Waals surface area (Å²) in [4.78, 5) is 14.6. The fraction of sp³-hybridized carbons (Fsp3) is 0. The Morgan fingerprint density at radius 3 is 2.38 bits per heavy atom. The van der Waals surface area contributed by atoms with Crippen molar-refractivity contribution in [1.82, 2.24) is 0 Å². The molecule has 122 valence electrons. The van der Waals surface area contributed by atoms with Crippen molar-refractivity contribution in [2.75, 3.05) is 4.90 Å². The Hall–Kier alpha value is -0.750. The van der Waals surface area contributed by atoms with Crippen molar-refractivity contribution in [3.05, 3.63) is 67.0 Å². The van der Waals surface area contributed by atoms with Crippen molar-refractivity contribution in [2.24, 2.45) is 0 Å². The van der Waals surface area contributed by atoms with E-state index in [1.165, 1.54) is 16.7 Å². The fourth-order valence-corrected chi connectivity index (χ4v) is 4.12. The molecule has 1 aliphatic rings. The number of thioether (sulfide) groups is 1. The standard InChI is InChI=1S/C16H7Cl4NOS2/c17-9-2-1-8(12(19)6-9)5-14-15(22)21(16(23)24-14)10-3-4-11(18)13(20)7-10/h1-7H/b14-5-. The number of carbonyl (C=O) groups is 1. The van der Waals surface area contributed by atoms with Gasteiger partial charge in [-0.15, -0.1) is 0 Å². The maximum atomic E-state index is 12.7. The van der Waals surface area contributed by atoms with E-state index in [4.69, 9.17) is 58.6 Å². The number of amides is 1. The van der Waals surface area contributed by atoms with Crippen LogP contribution in [0.1, 0.15) is 5.56 Å². The summed E-state index contributed by atoms with van der Waals surface area (Å²) in [5.41, 5.74) is 1.26. The summed E-state index contributed by atoms with van der Waals surface area (Å²) < 4.78 is 0.412. The number of benzene rings is 2. The van der Waals surface area contributed by atoms with Gasteiger partial charge < -0.3 is 0 Å². The third-order valence-corrected chi connectivity index (χ3v) is 5.81. The van der Waals surface area contributed by atoms with Crippen LogP contribution in [0.4, 0.5) is 5.69 Å². The minimum Gasteiger partial charge on any atom is -0.268 e. The Labute approximate surface area is 168 Å². The van der Waals surface area contributed by atoms with Crippen LogP contribution in [0.5, 0.6) is 0 Å². The summed E-state index contributed by atoms with van der Waals surface area (Å²) >= 11 is 30.5. The van der Waals surface area contributed by atoms with Crippen LogP contribution in [0.2, 0.25) is 20.1 Å². The van der Waals surface area contributed by atoms with Crippen LogP contribution in [0, 0.1) is 0 Å². The van der Waals surface area contributed by atoms with Gasteiger partial charge in [0.15, 0.2) is 4.32 Å². The Balaban J connectivity index is 1.96. The molecule has 0 radical (unpaired) electrons. The van der Waals surface area contributed by atoms with Crippen molar-refractivity contribution < 1.29 is 4.79 Å². The van der Waals surface area contributed by atoms with Crippen LogP contribution in [-0.2, 0) is 4.79 Å². The van der Waals surface area contributed by atoms with Gasteiger partial charge in [-0.25, -0.2) is 0 Å². The number of rotatable bonds is 2. The molecule has 2 aromatic rings. The summed E-state index contributed by atoms with van der Waals surface area (Å²) in [6.45, 7) is 0. The van der Waals surface area contributed by atoms with E-state index in [0.29, 0.717) is 40.6 Å². The molecular formula is C16H7Cl4NOS2. The summed E-state index contributed by atoms with van der Waals surface area (Å²) in [6.07, 6.45) is 1.69. The first kappa shape index (κ1) is 18.1. The highest BCUT2D eigenvalue weighted by atomic mass is 35.5. The molecule has 1 fully saturated rings. The molecule has 24 heavy (non-hydrogen) atoms.